The first-order valence-electron chi connectivity index (χ1n) is 10.9. The van der Waals surface area contributed by atoms with E-state index in [1.54, 1.807) is 13.0 Å². The molecular formula is C22H24ClN5O5S. The number of benzene rings is 1. The summed E-state index contributed by atoms with van der Waals surface area (Å²) in [7, 11) is 0. The van der Waals surface area contributed by atoms with Crippen molar-refractivity contribution in [3.63, 3.8) is 0 Å². The number of nitro groups is 1. The Bertz CT molecular complexity index is 1210. The summed E-state index contributed by atoms with van der Waals surface area (Å²) in [4.78, 5) is 35.5. The van der Waals surface area contributed by atoms with Gasteiger partial charge in [-0.05, 0) is 19.4 Å². The van der Waals surface area contributed by atoms with Crippen LogP contribution in [0.3, 0.4) is 0 Å². The van der Waals surface area contributed by atoms with Crippen LogP contribution in [0.15, 0.2) is 24.3 Å². The van der Waals surface area contributed by atoms with Gasteiger partial charge in [0.1, 0.15) is 16.8 Å². The average molecular weight is 506 g/mol. The lowest BCUT2D eigenvalue weighted by molar-refractivity contribution is -0.384. The van der Waals surface area contributed by atoms with Crippen LogP contribution in [0.25, 0.3) is 10.2 Å². The quantitative estimate of drug-likeness (QED) is 0.258. The molecule has 0 saturated carbocycles. The van der Waals surface area contributed by atoms with Crippen molar-refractivity contribution in [3.05, 3.63) is 49.8 Å². The van der Waals surface area contributed by atoms with Crippen LogP contribution in [0.4, 0.5) is 22.2 Å². The number of aromatic nitrogens is 2. The number of nitrogens with zero attached hydrogens (tertiary/aromatic N) is 4. The number of aryl methyl sites for hydroxylation is 1. The lowest BCUT2D eigenvalue weighted by Gasteiger charge is -2.31. The minimum atomic E-state index is -0.644. The summed E-state index contributed by atoms with van der Waals surface area (Å²) in [5, 5.41) is 15.7. The van der Waals surface area contributed by atoms with E-state index < -0.39 is 11.1 Å². The van der Waals surface area contributed by atoms with Gasteiger partial charge in [0, 0.05) is 49.5 Å². The number of ether oxygens (including phenoxy) is 2. The standard InChI is InChI=1S/C22H24ClN5O5S/c1-3-32-22(29)33-16-7-9-27(10-8-16)21-25-19(17-18(23)13(2)34-20(17)26-21)24-12-14-5-4-6-15(11-14)28(30)31/h4-6,11,16H,3,7-10,12H2,1-2H3,(H,24,25,26). The van der Waals surface area contributed by atoms with Crippen molar-refractivity contribution in [1.29, 1.82) is 0 Å². The van der Waals surface area contributed by atoms with E-state index in [-0.39, 0.29) is 18.4 Å². The van der Waals surface area contributed by atoms with Gasteiger partial charge in [0.2, 0.25) is 5.95 Å². The lowest BCUT2D eigenvalue weighted by Crippen LogP contribution is -2.39. The molecule has 1 aliphatic heterocycles. The lowest BCUT2D eigenvalue weighted by atomic mass is 10.1. The summed E-state index contributed by atoms with van der Waals surface area (Å²) >= 11 is 8.04. The third kappa shape index (κ3) is 5.31. The zero-order valence-electron chi connectivity index (χ0n) is 18.7. The van der Waals surface area contributed by atoms with Gasteiger partial charge in [0.15, 0.2) is 0 Å². The third-order valence-electron chi connectivity index (χ3n) is 5.47. The van der Waals surface area contributed by atoms with Crippen molar-refractivity contribution in [3.8, 4) is 0 Å². The number of carbonyl (C=O) groups is 1. The molecule has 0 radical (unpaired) electrons. The Kier molecular flexibility index (Phi) is 7.32. The van der Waals surface area contributed by atoms with Gasteiger partial charge in [-0.3, -0.25) is 10.1 Å². The molecule has 1 aromatic carbocycles. The summed E-state index contributed by atoms with van der Waals surface area (Å²) < 4.78 is 10.2. The molecule has 1 aliphatic rings. The summed E-state index contributed by atoms with van der Waals surface area (Å²) in [6.07, 6.45) is 0.431. The Hall–Kier alpha value is -3.18. The number of hydrogen-bond acceptors (Lipinski definition) is 10. The van der Waals surface area contributed by atoms with Gasteiger partial charge in [-0.15, -0.1) is 11.3 Å². The normalized spacial score (nSPS) is 14.3. The first-order chi connectivity index (χ1) is 16.4. The Labute approximate surface area is 205 Å². The van der Waals surface area contributed by atoms with E-state index in [2.05, 4.69) is 5.32 Å². The molecule has 0 unspecified atom stereocenters. The summed E-state index contributed by atoms with van der Waals surface area (Å²) in [5.41, 5.74) is 0.785. The number of nitro benzene ring substituents is 1. The van der Waals surface area contributed by atoms with Gasteiger partial charge in [-0.25, -0.2) is 9.78 Å². The Morgan fingerprint density at radius 3 is 2.82 bits per heavy atom. The van der Waals surface area contributed by atoms with Crippen LogP contribution >= 0.6 is 22.9 Å². The van der Waals surface area contributed by atoms with E-state index in [9.17, 15) is 14.9 Å². The van der Waals surface area contributed by atoms with Gasteiger partial charge in [-0.2, -0.15) is 4.98 Å². The second kappa shape index (κ2) is 10.4. The van der Waals surface area contributed by atoms with Crippen molar-refractivity contribution in [2.45, 2.75) is 39.3 Å². The molecule has 1 N–H and O–H groups in total. The van der Waals surface area contributed by atoms with Crippen molar-refractivity contribution in [2.24, 2.45) is 0 Å². The van der Waals surface area contributed by atoms with Crippen molar-refractivity contribution < 1.29 is 19.2 Å². The minimum Gasteiger partial charge on any atom is -0.435 e. The fourth-order valence-electron chi connectivity index (χ4n) is 3.76. The van der Waals surface area contributed by atoms with Crippen LogP contribution in [0.5, 0.6) is 0 Å². The number of nitrogens with one attached hydrogen (secondary N) is 1. The van der Waals surface area contributed by atoms with E-state index in [0.717, 1.165) is 20.7 Å². The van der Waals surface area contributed by atoms with Gasteiger partial charge < -0.3 is 19.7 Å². The molecule has 0 aliphatic carbocycles. The van der Waals surface area contributed by atoms with Gasteiger partial charge in [0.25, 0.3) is 5.69 Å². The van der Waals surface area contributed by atoms with E-state index in [1.165, 1.54) is 23.5 Å². The van der Waals surface area contributed by atoms with Crippen molar-refractivity contribution in [2.75, 3.05) is 29.9 Å². The maximum atomic E-state index is 11.6. The highest BCUT2D eigenvalue weighted by molar-refractivity contribution is 7.19. The zero-order chi connectivity index (χ0) is 24.2. The molecular weight excluding hydrogens is 482 g/mol. The van der Waals surface area contributed by atoms with E-state index in [0.29, 0.717) is 49.3 Å². The highest BCUT2D eigenvalue weighted by Gasteiger charge is 2.26. The molecule has 12 heteroatoms. The topological polar surface area (TPSA) is 120 Å². The maximum absolute atomic E-state index is 11.6. The first kappa shape index (κ1) is 24.0. The van der Waals surface area contributed by atoms with Crippen LogP contribution in [-0.2, 0) is 16.0 Å². The van der Waals surface area contributed by atoms with E-state index in [4.69, 9.17) is 31.0 Å². The molecule has 0 amide bonds. The summed E-state index contributed by atoms with van der Waals surface area (Å²) in [6.45, 7) is 5.53. The third-order valence-corrected chi connectivity index (χ3v) is 7.06. The number of carbonyl (C=O) groups excluding carboxylic acids is 1. The average Bonchev–Trinajstić information content (AvgIpc) is 3.11. The molecule has 3 heterocycles. The van der Waals surface area contributed by atoms with Crippen LogP contribution < -0.4 is 10.2 Å². The van der Waals surface area contributed by atoms with Gasteiger partial charge in [-0.1, -0.05) is 23.7 Å². The van der Waals surface area contributed by atoms with Crippen molar-refractivity contribution in [1.82, 2.24) is 9.97 Å². The van der Waals surface area contributed by atoms with Crippen LogP contribution in [0.1, 0.15) is 30.2 Å². The molecule has 0 spiro atoms. The molecule has 4 rings (SSSR count). The molecule has 2 aromatic heterocycles. The monoisotopic (exact) mass is 505 g/mol. The SMILES string of the molecule is CCOC(=O)OC1CCN(c2nc(NCc3cccc([N+](=O)[O-])c3)c3c(Cl)c(C)sc3n2)CC1. The highest BCUT2D eigenvalue weighted by Crippen LogP contribution is 2.39. The predicted molar refractivity (Wildman–Crippen MR) is 131 cm³/mol. The number of halogens is 1. The smallest absolute Gasteiger partial charge is 0.435 e. The fourth-order valence-corrected chi connectivity index (χ4v) is 5.02. The Morgan fingerprint density at radius 2 is 2.12 bits per heavy atom. The predicted octanol–water partition coefficient (Wildman–Crippen LogP) is 5.32. The minimum absolute atomic E-state index is 0.0325. The highest BCUT2D eigenvalue weighted by atomic mass is 35.5. The number of fused-ring (bicyclic) bond motifs is 1. The number of hydrogen-bond donors (Lipinski definition) is 1. The number of thiophene rings is 1. The van der Waals surface area contributed by atoms with Crippen LogP contribution in [0, 0.1) is 17.0 Å². The molecule has 3 aromatic rings. The van der Waals surface area contributed by atoms with E-state index in [1.807, 2.05) is 17.9 Å². The summed E-state index contributed by atoms with van der Waals surface area (Å²) in [6, 6.07) is 6.45. The number of non-ortho nitro benzene ring substituents is 1. The molecule has 1 saturated heterocycles. The maximum Gasteiger partial charge on any atom is 0.508 e. The second-order valence-corrected chi connectivity index (χ2v) is 9.37. The molecule has 1 fully saturated rings. The van der Waals surface area contributed by atoms with E-state index >= 15 is 0 Å². The molecule has 34 heavy (non-hydrogen) atoms. The first-order valence-corrected chi connectivity index (χ1v) is 12.1. The summed E-state index contributed by atoms with van der Waals surface area (Å²) in [5.74, 6) is 1.13. The molecule has 0 bridgehead atoms. The second-order valence-electron chi connectivity index (χ2n) is 7.79. The largest absolute Gasteiger partial charge is 0.508 e. The molecule has 180 valence electrons. The Morgan fingerprint density at radius 1 is 1.35 bits per heavy atom. The van der Waals surface area contributed by atoms with Crippen LogP contribution in [0.2, 0.25) is 5.02 Å². The fraction of sp³-hybridized carbons (Fsp3) is 0.409. The van der Waals surface area contributed by atoms with Crippen molar-refractivity contribution >= 4 is 56.8 Å². The zero-order valence-corrected chi connectivity index (χ0v) is 20.3. The van der Waals surface area contributed by atoms with Crippen LogP contribution in [-0.4, -0.2) is 46.8 Å². The van der Waals surface area contributed by atoms with Gasteiger partial charge >= 0.3 is 6.16 Å². The Balaban J connectivity index is 1.54. The molecule has 0 atom stereocenters. The number of anilines is 2. The molecule has 10 nitrogen and oxygen atoms in total. The van der Waals surface area contributed by atoms with Gasteiger partial charge in [0.05, 0.1) is 21.9 Å². The number of piperidine rings is 1. The number of rotatable bonds is 7.